The average molecular weight is 633 g/mol. The summed E-state index contributed by atoms with van der Waals surface area (Å²) < 4.78 is 11.3. The normalized spacial score (nSPS) is 14.5. The summed E-state index contributed by atoms with van der Waals surface area (Å²) in [5.41, 5.74) is 4.11. The molecule has 0 bridgehead atoms. The van der Waals surface area contributed by atoms with Crippen molar-refractivity contribution in [2.45, 2.75) is 83.5 Å². The van der Waals surface area contributed by atoms with E-state index in [9.17, 15) is 9.59 Å². The van der Waals surface area contributed by atoms with Crippen molar-refractivity contribution in [1.82, 2.24) is 10.2 Å². The zero-order valence-electron chi connectivity index (χ0n) is 27.7. The molecule has 1 heterocycles. The molecule has 1 saturated heterocycles. The lowest BCUT2D eigenvalue weighted by Crippen LogP contribution is -2.31. The third-order valence-electron chi connectivity index (χ3n) is 7.92. The Morgan fingerprint density at radius 3 is 2.51 bits per heavy atom. The molecule has 1 amide bonds. The molecular formula is C38H52N2O4S. The van der Waals surface area contributed by atoms with Gasteiger partial charge >= 0.3 is 5.97 Å². The minimum atomic E-state index is -0.434. The first-order valence-corrected chi connectivity index (χ1v) is 17.5. The van der Waals surface area contributed by atoms with Gasteiger partial charge in [-0.25, -0.2) is 4.79 Å². The summed E-state index contributed by atoms with van der Waals surface area (Å²) in [5.74, 6) is 0.983. The zero-order valence-corrected chi connectivity index (χ0v) is 28.6. The van der Waals surface area contributed by atoms with E-state index in [1.807, 2.05) is 18.2 Å². The minimum absolute atomic E-state index is 0.125. The van der Waals surface area contributed by atoms with Gasteiger partial charge in [-0.3, -0.25) is 4.79 Å². The Bertz CT molecular complexity index is 1310. The van der Waals surface area contributed by atoms with E-state index in [1.165, 1.54) is 63.1 Å². The van der Waals surface area contributed by atoms with Gasteiger partial charge in [-0.15, -0.1) is 11.8 Å². The lowest BCUT2D eigenvalue weighted by molar-refractivity contribution is -0.116. The van der Waals surface area contributed by atoms with E-state index in [-0.39, 0.29) is 5.91 Å². The fourth-order valence-corrected chi connectivity index (χ4v) is 6.32. The largest absolute Gasteiger partial charge is 0.493 e. The van der Waals surface area contributed by atoms with Crippen molar-refractivity contribution in [3.63, 3.8) is 0 Å². The monoisotopic (exact) mass is 632 g/mol. The van der Waals surface area contributed by atoms with Crippen LogP contribution in [0.3, 0.4) is 0 Å². The van der Waals surface area contributed by atoms with Crippen molar-refractivity contribution in [3.05, 3.63) is 83.0 Å². The highest BCUT2D eigenvalue weighted by Gasteiger charge is 2.16. The van der Waals surface area contributed by atoms with Gasteiger partial charge in [-0.05, 0) is 114 Å². The SMILES string of the molecule is CCC/C(C)=C/CC/C(C)=C/CSc1ccccc1C(=O)Oc1ccc(/C=C/C(=O)NCCCCN2CCCCC2)cc1OC. The molecule has 0 atom stereocenters. The van der Waals surface area contributed by atoms with Crippen LogP contribution in [0.25, 0.3) is 6.08 Å². The van der Waals surface area contributed by atoms with Gasteiger partial charge in [0.2, 0.25) is 5.91 Å². The van der Waals surface area contributed by atoms with Crippen molar-refractivity contribution in [3.8, 4) is 11.5 Å². The number of ether oxygens (including phenoxy) is 2. The molecule has 244 valence electrons. The predicted molar refractivity (Wildman–Crippen MR) is 188 cm³/mol. The van der Waals surface area contributed by atoms with E-state index in [2.05, 4.69) is 43.1 Å². The number of benzene rings is 2. The van der Waals surface area contributed by atoms with E-state index in [0.29, 0.717) is 23.6 Å². The smallest absolute Gasteiger partial charge is 0.344 e. The van der Waals surface area contributed by atoms with Crippen LogP contribution in [-0.2, 0) is 4.79 Å². The van der Waals surface area contributed by atoms with Crippen molar-refractivity contribution in [1.29, 1.82) is 0 Å². The van der Waals surface area contributed by atoms with E-state index in [1.54, 1.807) is 42.1 Å². The van der Waals surface area contributed by atoms with Gasteiger partial charge in [0, 0.05) is 23.3 Å². The van der Waals surface area contributed by atoms with Gasteiger partial charge in [0.15, 0.2) is 11.5 Å². The van der Waals surface area contributed by atoms with Crippen LogP contribution in [0.1, 0.15) is 94.5 Å². The molecule has 1 N–H and O–H groups in total. The molecule has 6 nitrogen and oxygen atoms in total. The van der Waals surface area contributed by atoms with Crippen LogP contribution in [0, 0.1) is 0 Å². The summed E-state index contributed by atoms with van der Waals surface area (Å²) in [6, 6.07) is 12.8. The number of nitrogens with one attached hydrogen (secondary N) is 1. The maximum atomic E-state index is 13.2. The second kappa shape index (κ2) is 20.7. The van der Waals surface area contributed by atoms with Crippen molar-refractivity contribution in [2.24, 2.45) is 0 Å². The molecule has 0 aromatic heterocycles. The Labute approximate surface area is 275 Å². The van der Waals surface area contributed by atoms with Gasteiger partial charge in [-0.1, -0.05) is 61.3 Å². The highest BCUT2D eigenvalue weighted by Crippen LogP contribution is 2.31. The molecular weight excluding hydrogens is 580 g/mol. The van der Waals surface area contributed by atoms with Crippen LogP contribution in [0.4, 0.5) is 0 Å². The molecule has 2 aromatic rings. The molecule has 0 saturated carbocycles. The topological polar surface area (TPSA) is 67.9 Å². The zero-order chi connectivity index (χ0) is 32.3. The molecule has 1 fully saturated rings. The number of unbranched alkanes of at least 4 members (excludes halogenated alkanes) is 1. The first kappa shape index (κ1) is 36.2. The number of carbonyl (C=O) groups excluding carboxylic acids is 2. The number of rotatable bonds is 18. The predicted octanol–water partition coefficient (Wildman–Crippen LogP) is 8.87. The summed E-state index contributed by atoms with van der Waals surface area (Å²) >= 11 is 1.63. The second-order valence-electron chi connectivity index (χ2n) is 11.7. The van der Waals surface area contributed by atoms with Crippen molar-refractivity contribution >= 4 is 29.7 Å². The van der Waals surface area contributed by atoms with E-state index >= 15 is 0 Å². The number of methoxy groups -OCH3 is 1. The van der Waals surface area contributed by atoms with E-state index in [0.717, 1.165) is 54.9 Å². The third-order valence-corrected chi connectivity index (χ3v) is 8.92. The summed E-state index contributed by atoms with van der Waals surface area (Å²) in [4.78, 5) is 28.9. The molecule has 7 heteroatoms. The molecule has 0 spiro atoms. The Kier molecular flexibility index (Phi) is 16.6. The number of nitrogens with zero attached hydrogens (tertiary/aromatic N) is 1. The summed E-state index contributed by atoms with van der Waals surface area (Å²) in [6.07, 6.45) is 18.3. The van der Waals surface area contributed by atoms with Gasteiger partial charge in [0.05, 0.1) is 12.7 Å². The fourth-order valence-electron chi connectivity index (χ4n) is 5.29. The molecule has 0 radical (unpaired) electrons. The van der Waals surface area contributed by atoms with Crippen LogP contribution in [0.15, 0.2) is 76.7 Å². The van der Waals surface area contributed by atoms with Crippen LogP contribution in [-0.4, -0.2) is 55.8 Å². The molecule has 1 aliphatic rings. The number of carbonyl (C=O) groups is 2. The Balaban J connectivity index is 1.49. The van der Waals surface area contributed by atoms with Crippen LogP contribution in [0.5, 0.6) is 11.5 Å². The maximum Gasteiger partial charge on any atom is 0.344 e. The average Bonchev–Trinajstić information content (AvgIpc) is 3.05. The molecule has 0 unspecified atom stereocenters. The highest BCUT2D eigenvalue weighted by molar-refractivity contribution is 7.99. The van der Waals surface area contributed by atoms with Crippen LogP contribution in [0.2, 0.25) is 0 Å². The lowest BCUT2D eigenvalue weighted by Gasteiger charge is -2.26. The number of hydrogen-bond acceptors (Lipinski definition) is 6. The second-order valence-corrected chi connectivity index (χ2v) is 12.8. The van der Waals surface area contributed by atoms with Gasteiger partial charge in [0.25, 0.3) is 0 Å². The van der Waals surface area contributed by atoms with E-state index in [4.69, 9.17) is 9.47 Å². The fraction of sp³-hybridized carbons (Fsp3) is 0.474. The summed E-state index contributed by atoms with van der Waals surface area (Å²) in [6.45, 7) is 10.8. The number of esters is 1. The lowest BCUT2D eigenvalue weighted by atomic mass is 10.1. The van der Waals surface area contributed by atoms with Gasteiger partial charge < -0.3 is 19.7 Å². The Hall–Kier alpha value is -3.29. The van der Waals surface area contributed by atoms with Crippen molar-refractivity contribution < 1.29 is 19.1 Å². The molecule has 45 heavy (non-hydrogen) atoms. The number of hydrogen-bond donors (Lipinski definition) is 1. The maximum absolute atomic E-state index is 13.2. The number of thioether (sulfide) groups is 1. The van der Waals surface area contributed by atoms with Crippen molar-refractivity contribution in [2.75, 3.05) is 39.0 Å². The van der Waals surface area contributed by atoms with Crippen LogP contribution >= 0.6 is 11.8 Å². The molecule has 2 aromatic carbocycles. The Morgan fingerprint density at radius 2 is 1.73 bits per heavy atom. The number of piperidine rings is 1. The number of likely N-dealkylation sites (tertiary alicyclic amines) is 1. The first-order chi connectivity index (χ1) is 21.9. The minimum Gasteiger partial charge on any atom is -0.493 e. The number of allylic oxidation sites excluding steroid dienone is 3. The van der Waals surface area contributed by atoms with E-state index < -0.39 is 5.97 Å². The molecule has 0 aliphatic carbocycles. The highest BCUT2D eigenvalue weighted by atomic mass is 32.2. The summed E-state index contributed by atoms with van der Waals surface area (Å²) in [7, 11) is 1.54. The van der Waals surface area contributed by atoms with Gasteiger partial charge in [-0.2, -0.15) is 0 Å². The Morgan fingerprint density at radius 1 is 0.956 bits per heavy atom. The standard InChI is InChI=1S/C38H52N2O4S/c1-5-14-30(2)15-13-16-31(3)23-28-45-36-18-8-7-17-33(36)38(42)44-34-21-19-32(29-35(34)43-4)20-22-37(41)39-24-9-12-27-40-25-10-6-11-26-40/h7-8,15,17-23,29H,5-6,9-14,16,24-28H2,1-4H3,(H,39,41)/b22-20+,30-15+,31-23+. The summed E-state index contributed by atoms with van der Waals surface area (Å²) in [5, 5.41) is 2.97. The van der Waals surface area contributed by atoms with Crippen LogP contribution < -0.4 is 14.8 Å². The quantitative estimate of drug-likeness (QED) is 0.0442. The van der Waals surface area contributed by atoms with Gasteiger partial charge in [0.1, 0.15) is 0 Å². The first-order valence-electron chi connectivity index (χ1n) is 16.5. The molecule has 1 aliphatic heterocycles. The third kappa shape index (κ3) is 13.7. The number of amides is 1. The molecule has 3 rings (SSSR count).